The third kappa shape index (κ3) is 4.03. The first kappa shape index (κ1) is 19.9. The molecule has 0 bridgehead atoms. The fourth-order valence-corrected chi connectivity index (χ4v) is 4.17. The molecule has 7 nitrogen and oxygen atoms in total. The Balaban J connectivity index is 1.50. The van der Waals surface area contributed by atoms with E-state index in [1.165, 1.54) is 10.5 Å². The van der Waals surface area contributed by atoms with Crippen molar-refractivity contribution >= 4 is 17.5 Å². The Morgan fingerprint density at radius 3 is 2.59 bits per heavy atom. The summed E-state index contributed by atoms with van der Waals surface area (Å²) in [6.45, 7) is 7.41. The van der Waals surface area contributed by atoms with Crippen molar-refractivity contribution in [3.63, 3.8) is 0 Å². The number of carbonyl (C=O) groups is 1. The predicted molar refractivity (Wildman–Crippen MR) is 102 cm³/mol. The molecule has 1 unspecified atom stereocenters. The number of amides is 1. The number of pyridine rings is 1. The van der Waals surface area contributed by atoms with Gasteiger partial charge in [-0.1, -0.05) is 6.92 Å². The van der Waals surface area contributed by atoms with E-state index in [0.29, 0.717) is 24.7 Å². The minimum atomic E-state index is -4.43. The van der Waals surface area contributed by atoms with Crippen molar-refractivity contribution in [2.45, 2.75) is 25.9 Å². The van der Waals surface area contributed by atoms with Gasteiger partial charge < -0.3 is 14.7 Å². The van der Waals surface area contributed by atoms with E-state index in [1.807, 2.05) is 9.80 Å². The first-order chi connectivity index (χ1) is 13.9. The lowest BCUT2D eigenvalue weighted by Crippen LogP contribution is -2.52. The van der Waals surface area contributed by atoms with Gasteiger partial charge in [0.2, 0.25) is 11.9 Å². The second kappa shape index (κ2) is 7.81. The lowest BCUT2D eigenvalue weighted by molar-refractivity contribution is -0.138. The van der Waals surface area contributed by atoms with Gasteiger partial charge in [0.15, 0.2) is 5.65 Å². The lowest BCUT2D eigenvalue weighted by Gasteiger charge is -2.38. The van der Waals surface area contributed by atoms with E-state index in [-0.39, 0.29) is 11.8 Å². The second-order valence-electron chi connectivity index (χ2n) is 7.69. The number of anilines is 1. The van der Waals surface area contributed by atoms with Crippen LogP contribution in [-0.4, -0.2) is 76.1 Å². The third-order valence-corrected chi connectivity index (χ3v) is 5.90. The molecule has 2 aromatic rings. The summed E-state index contributed by atoms with van der Waals surface area (Å²) in [5.74, 6) is 0.324. The molecule has 29 heavy (non-hydrogen) atoms. The van der Waals surface area contributed by atoms with Crippen LogP contribution in [0.25, 0.3) is 5.65 Å². The van der Waals surface area contributed by atoms with Crippen LogP contribution in [0.4, 0.5) is 19.1 Å². The van der Waals surface area contributed by atoms with Gasteiger partial charge in [0, 0.05) is 45.5 Å². The molecule has 2 aliphatic heterocycles. The number of fused-ring (bicyclic) bond motifs is 1. The molecule has 0 aliphatic carbocycles. The van der Waals surface area contributed by atoms with Gasteiger partial charge in [-0.3, -0.25) is 9.20 Å². The summed E-state index contributed by atoms with van der Waals surface area (Å²) >= 11 is 0. The molecule has 0 N–H and O–H groups in total. The Bertz CT molecular complexity index is 874. The van der Waals surface area contributed by atoms with Crippen molar-refractivity contribution in [2.75, 3.05) is 50.7 Å². The van der Waals surface area contributed by atoms with Gasteiger partial charge in [0.1, 0.15) is 0 Å². The molecule has 0 spiro atoms. The summed E-state index contributed by atoms with van der Waals surface area (Å²) in [5, 5.41) is 8.11. The van der Waals surface area contributed by atoms with Crippen LogP contribution < -0.4 is 4.90 Å². The van der Waals surface area contributed by atoms with Crippen molar-refractivity contribution in [1.29, 1.82) is 0 Å². The van der Waals surface area contributed by atoms with Crippen molar-refractivity contribution in [3.05, 3.63) is 23.9 Å². The van der Waals surface area contributed by atoms with Gasteiger partial charge in [-0.05, 0) is 31.5 Å². The number of carbonyl (C=O) groups excluding carboxylic acids is 1. The largest absolute Gasteiger partial charge is 0.417 e. The molecule has 0 radical (unpaired) electrons. The van der Waals surface area contributed by atoms with Crippen LogP contribution in [0.15, 0.2) is 18.3 Å². The molecule has 1 amide bonds. The molecule has 4 heterocycles. The fourth-order valence-electron chi connectivity index (χ4n) is 4.17. The maximum absolute atomic E-state index is 13.1. The van der Waals surface area contributed by atoms with Crippen LogP contribution in [-0.2, 0) is 11.0 Å². The molecule has 158 valence electrons. The molecular formula is C19H25F3N6O. The Hall–Kier alpha value is -2.36. The summed E-state index contributed by atoms with van der Waals surface area (Å²) in [6, 6.07) is 2.32. The maximum atomic E-state index is 13.1. The number of halogens is 3. The zero-order chi connectivity index (χ0) is 20.6. The van der Waals surface area contributed by atoms with Crippen LogP contribution in [0.1, 0.15) is 25.3 Å². The molecule has 4 rings (SSSR count). The number of hydrogen-bond donors (Lipinski definition) is 0. The highest BCUT2D eigenvalue weighted by Gasteiger charge is 2.34. The summed E-state index contributed by atoms with van der Waals surface area (Å²) in [7, 11) is 0. The summed E-state index contributed by atoms with van der Waals surface area (Å²) in [6.07, 6.45) is -1.83. The van der Waals surface area contributed by atoms with E-state index >= 15 is 0 Å². The number of piperidine rings is 1. The standard InChI is InChI=1S/C19H25F3N6O/c1-2-25-8-10-26(11-9-25)17(29)14-4-3-7-27(12-14)18-24-23-16-6-5-15(13-28(16)18)19(20,21)22/h5-6,13-14H,2-4,7-12H2,1H3. The van der Waals surface area contributed by atoms with E-state index in [4.69, 9.17) is 0 Å². The van der Waals surface area contributed by atoms with Crippen LogP contribution >= 0.6 is 0 Å². The predicted octanol–water partition coefficient (Wildman–Crippen LogP) is 2.13. The van der Waals surface area contributed by atoms with Gasteiger partial charge >= 0.3 is 6.18 Å². The highest BCUT2D eigenvalue weighted by Crippen LogP contribution is 2.31. The highest BCUT2D eigenvalue weighted by molar-refractivity contribution is 5.80. The number of piperazine rings is 1. The van der Waals surface area contributed by atoms with E-state index < -0.39 is 11.7 Å². The molecule has 1 atom stereocenters. The second-order valence-corrected chi connectivity index (χ2v) is 7.69. The lowest BCUT2D eigenvalue weighted by atomic mass is 9.96. The van der Waals surface area contributed by atoms with E-state index in [9.17, 15) is 18.0 Å². The van der Waals surface area contributed by atoms with E-state index in [2.05, 4.69) is 22.0 Å². The number of hydrogen-bond acceptors (Lipinski definition) is 5. The summed E-state index contributed by atoms with van der Waals surface area (Å²) < 4.78 is 40.7. The van der Waals surface area contributed by atoms with Crippen molar-refractivity contribution in [1.82, 2.24) is 24.4 Å². The number of likely N-dealkylation sites (N-methyl/N-ethyl adjacent to an activating group) is 1. The Kier molecular flexibility index (Phi) is 5.37. The van der Waals surface area contributed by atoms with E-state index in [0.717, 1.165) is 57.8 Å². The smallest absolute Gasteiger partial charge is 0.340 e. The topological polar surface area (TPSA) is 57.0 Å². The van der Waals surface area contributed by atoms with Crippen molar-refractivity contribution in [3.8, 4) is 0 Å². The number of rotatable bonds is 3. The Labute approximate surface area is 167 Å². The van der Waals surface area contributed by atoms with Crippen LogP contribution in [0.3, 0.4) is 0 Å². The Morgan fingerprint density at radius 2 is 1.90 bits per heavy atom. The zero-order valence-electron chi connectivity index (χ0n) is 16.4. The molecule has 2 saturated heterocycles. The van der Waals surface area contributed by atoms with Gasteiger partial charge in [-0.2, -0.15) is 13.2 Å². The SMILES string of the molecule is CCN1CCN(C(=O)C2CCCN(c3nnc4ccc(C(F)(F)F)cn34)C2)CC1. The maximum Gasteiger partial charge on any atom is 0.417 e. The first-order valence-electron chi connectivity index (χ1n) is 10.0. The summed E-state index contributed by atoms with van der Waals surface area (Å²) in [5.41, 5.74) is -0.387. The highest BCUT2D eigenvalue weighted by atomic mass is 19.4. The minimum Gasteiger partial charge on any atom is -0.340 e. The average molecular weight is 410 g/mol. The van der Waals surface area contributed by atoms with Crippen molar-refractivity contribution in [2.24, 2.45) is 5.92 Å². The molecule has 2 aliphatic rings. The Morgan fingerprint density at radius 1 is 1.14 bits per heavy atom. The number of alkyl halides is 3. The molecular weight excluding hydrogens is 385 g/mol. The third-order valence-electron chi connectivity index (χ3n) is 5.90. The quantitative estimate of drug-likeness (QED) is 0.776. The van der Waals surface area contributed by atoms with E-state index in [1.54, 1.807) is 0 Å². The number of aromatic nitrogens is 3. The average Bonchev–Trinajstić information content (AvgIpc) is 3.16. The fraction of sp³-hybridized carbons (Fsp3) is 0.632. The summed E-state index contributed by atoms with van der Waals surface area (Å²) in [4.78, 5) is 19.1. The van der Waals surface area contributed by atoms with Gasteiger partial charge in [-0.25, -0.2) is 0 Å². The van der Waals surface area contributed by atoms with Gasteiger partial charge in [0.25, 0.3) is 0 Å². The van der Waals surface area contributed by atoms with Crippen LogP contribution in [0, 0.1) is 5.92 Å². The molecule has 10 heteroatoms. The molecule has 0 aromatic carbocycles. The van der Waals surface area contributed by atoms with Crippen LogP contribution in [0.5, 0.6) is 0 Å². The van der Waals surface area contributed by atoms with Crippen LogP contribution in [0.2, 0.25) is 0 Å². The van der Waals surface area contributed by atoms with Crippen molar-refractivity contribution < 1.29 is 18.0 Å². The first-order valence-corrected chi connectivity index (χ1v) is 10.0. The zero-order valence-corrected chi connectivity index (χ0v) is 16.4. The minimum absolute atomic E-state index is 0.134. The number of nitrogens with zero attached hydrogens (tertiary/aromatic N) is 6. The van der Waals surface area contributed by atoms with Gasteiger partial charge in [-0.15, -0.1) is 10.2 Å². The molecule has 2 fully saturated rings. The van der Waals surface area contributed by atoms with Gasteiger partial charge in [0.05, 0.1) is 11.5 Å². The monoisotopic (exact) mass is 410 g/mol. The molecule has 2 aromatic heterocycles. The normalized spacial score (nSPS) is 21.7. The molecule has 0 saturated carbocycles.